The van der Waals surface area contributed by atoms with Crippen molar-refractivity contribution < 1.29 is 29.6 Å². The molecule has 5 N–H and O–H groups in total. The van der Waals surface area contributed by atoms with Crippen molar-refractivity contribution in [2.45, 2.75) is 31.5 Å². The number of hydrogen-bond acceptors (Lipinski definition) is 8. The third-order valence-electron chi connectivity index (χ3n) is 3.09. The maximum Gasteiger partial charge on any atom is 0.360 e. The van der Waals surface area contributed by atoms with Crippen molar-refractivity contribution >= 4 is 11.8 Å². The molecule has 0 bridgehead atoms. The van der Waals surface area contributed by atoms with E-state index in [1.54, 1.807) is 6.92 Å². The first-order chi connectivity index (χ1) is 9.51. The topological polar surface area (TPSA) is 140 Å². The van der Waals surface area contributed by atoms with Crippen LogP contribution in [-0.4, -0.2) is 62.4 Å². The Balaban J connectivity index is 2.24. The third-order valence-corrected chi connectivity index (χ3v) is 3.09. The van der Waals surface area contributed by atoms with Crippen molar-refractivity contribution in [2.75, 3.05) is 18.9 Å². The molecule has 0 aromatic carbocycles. The minimum atomic E-state index is -1.29. The highest BCUT2D eigenvalue weighted by Gasteiger charge is 2.44. The summed E-state index contributed by atoms with van der Waals surface area (Å²) < 4.78 is 11.3. The normalized spacial score (nSPS) is 29.6. The lowest BCUT2D eigenvalue weighted by Crippen LogP contribution is -2.33. The van der Waals surface area contributed by atoms with E-state index in [2.05, 4.69) is 4.98 Å². The summed E-state index contributed by atoms with van der Waals surface area (Å²) in [5.41, 5.74) is 5.68. The summed E-state index contributed by atoms with van der Waals surface area (Å²) in [6, 6.07) is 0. The fraction of sp³-hybridized carbons (Fsp3) is 0.636. The lowest BCUT2D eigenvalue weighted by molar-refractivity contribution is -0.0518. The van der Waals surface area contributed by atoms with Gasteiger partial charge in [-0.3, -0.25) is 4.57 Å². The number of carbonyl (C=O) groups excluding carboxylic acids is 1. The predicted octanol–water partition coefficient (Wildman–Crippen LogP) is -1.75. The molecule has 0 spiro atoms. The summed E-state index contributed by atoms with van der Waals surface area (Å²) in [5.74, 6) is -0.728. The van der Waals surface area contributed by atoms with Crippen LogP contribution in [0.5, 0.6) is 0 Å². The van der Waals surface area contributed by atoms with E-state index in [1.807, 2.05) is 0 Å². The molecule has 2 heterocycles. The first-order valence-corrected chi connectivity index (χ1v) is 6.13. The van der Waals surface area contributed by atoms with Gasteiger partial charge in [0, 0.05) is 0 Å². The van der Waals surface area contributed by atoms with Crippen molar-refractivity contribution in [3.05, 3.63) is 12.0 Å². The first-order valence-electron chi connectivity index (χ1n) is 6.13. The Morgan fingerprint density at radius 3 is 2.80 bits per heavy atom. The zero-order valence-electron chi connectivity index (χ0n) is 10.8. The molecule has 4 atom stereocenters. The molecule has 20 heavy (non-hydrogen) atoms. The molecule has 112 valence electrons. The van der Waals surface area contributed by atoms with Gasteiger partial charge in [0.1, 0.15) is 24.1 Å². The highest BCUT2D eigenvalue weighted by atomic mass is 16.6. The number of hydrogen-bond donors (Lipinski definition) is 4. The Hall–Kier alpha value is -1.68. The molecule has 0 amide bonds. The van der Waals surface area contributed by atoms with Gasteiger partial charge in [0.05, 0.1) is 19.5 Å². The Morgan fingerprint density at radius 2 is 2.25 bits per heavy atom. The lowest BCUT2D eigenvalue weighted by atomic mass is 10.1. The summed E-state index contributed by atoms with van der Waals surface area (Å²) in [7, 11) is 0. The van der Waals surface area contributed by atoms with Crippen LogP contribution < -0.4 is 5.73 Å². The summed E-state index contributed by atoms with van der Waals surface area (Å²) in [5, 5.41) is 28.6. The average Bonchev–Trinajstić information content (AvgIpc) is 2.93. The van der Waals surface area contributed by atoms with Gasteiger partial charge in [-0.25, -0.2) is 9.78 Å². The Morgan fingerprint density at radius 1 is 1.55 bits per heavy atom. The smallest absolute Gasteiger partial charge is 0.360 e. The Labute approximate surface area is 114 Å². The quantitative estimate of drug-likeness (QED) is 0.478. The number of ether oxygens (including phenoxy) is 2. The molecule has 1 aromatic rings. The van der Waals surface area contributed by atoms with Crippen LogP contribution in [0, 0.1) is 0 Å². The van der Waals surface area contributed by atoms with Gasteiger partial charge in [-0.1, -0.05) is 0 Å². The number of carbonyl (C=O) groups is 1. The number of imidazole rings is 1. The number of aliphatic hydroxyl groups excluding tert-OH is 3. The van der Waals surface area contributed by atoms with Crippen LogP contribution in [0.15, 0.2) is 6.33 Å². The molecule has 1 fully saturated rings. The van der Waals surface area contributed by atoms with Crippen molar-refractivity contribution in [1.82, 2.24) is 9.55 Å². The number of aliphatic hydroxyl groups is 3. The maximum atomic E-state index is 11.6. The molecule has 2 rings (SSSR count). The number of esters is 1. The second-order valence-corrected chi connectivity index (χ2v) is 4.34. The zero-order chi connectivity index (χ0) is 14.9. The summed E-state index contributed by atoms with van der Waals surface area (Å²) in [4.78, 5) is 15.4. The van der Waals surface area contributed by atoms with E-state index in [-0.39, 0.29) is 18.1 Å². The number of aromatic nitrogens is 2. The summed E-state index contributed by atoms with van der Waals surface area (Å²) in [6.45, 7) is 1.38. The summed E-state index contributed by atoms with van der Waals surface area (Å²) >= 11 is 0. The van der Waals surface area contributed by atoms with Gasteiger partial charge in [-0.2, -0.15) is 0 Å². The first kappa shape index (κ1) is 14.7. The minimum Gasteiger partial charge on any atom is -0.461 e. The third kappa shape index (κ3) is 2.36. The van der Waals surface area contributed by atoms with Gasteiger partial charge in [-0.15, -0.1) is 0 Å². The standard InChI is InChI=1S/C11H17N3O6/c1-2-19-11(18)6-9(12)14(4-13-6)10-8(17)7(16)5(3-15)20-10/h4-5,7-8,10,15-17H,2-3,12H2,1H3/t5-,7+,8+,10-/m1/s1. The molecule has 0 radical (unpaired) electrons. The monoisotopic (exact) mass is 287 g/mol. The maximum absolute atomic E-state index is 11.6. The van der Waals surface area contributed by atoms with Crippen molar-refractivity contribution in [1.29, 1.82) is 0 Å². The predicted molar refractivity (Wildman–Crippen MR) is 65.6 cm³/mol. The van der Waals surface area contributed by atoms with E-state index in [1.165, 1.54) is 10.9 Å². The number of rotatable bonds is 4. The Bertz CT molecular complexity index is 491. The SMILES string of the molecule is CCOC(=O)c1ncn([C@@H]2O[C@H](CO)[C@H](O)[C@@H]2O)c1N. The van der Waals surface area contributed by atoms with E-state index in [4.69, 9.17) is 20.3 Å². The van der Waals surface area contributed by atoms with Crippen LogP contribution in [0.2, 0.25) is 0 Å². The second kappa shape index (κ2) is 5.75. The lowest BCUT2D eigenvalue weighted by Gasteiger charge is -2.17. The van der Waals surface area contributed by atoms with Crippen molar-refractivity contribution in [3.63, 3.8) is 0 Å². The van der Waals surface area contributed by atoms with Gasteiger partial charge in [0.25, 0.3) is 0 Å². The van der Waals surface area contributed by atoms with E-state index in [9.17, 15) is 15.0 Å². The molecule has 0 aliphatic carbocycles. The second-order valence-electron chi connectivity index (χ2n) is 4.34. The van der Waals surface area contributed by atoms with Crippen LogP contribution in [0.1, 0.15) is 23.6 Å². The van der Waals surface area contributed by atoms with Gasteiger partial charge >= 0.3 is 5.97 Å². The molecular weight excluding hydrogens is 270 g/mol. The van der Waals surface area contributed by atoms with Crippen molar-refractivity contribution in [2.24, 2.45) is 0 Å². The molecule has 0 unspecified atom stereocenters. The Kier molecular flexibility index (Phi) is 4.23. The molecule has 1 aromatic heterocycles. The molecular formula is C11H17N3O6. The fourth-order valence-corrected chi connectivity index (χ4v) is 2.04. The van der Waals surface area contributed by atoms with Crippen molar-refractivity contribution in [3.8, 4) is 0 Å². The minimum absolute atomic E-state index is 0.0433. The van der Waals surface area contributed by atoms with Crippen LogP contribution >= 0.6 is 0 Å². The number of nitrogens with two attached hydrogens (primary N) is 1. The summed E-state index contributed by atoms with van der Waals surface area (Å²) in [6.07, 6.45) is -3.29. The van der Waals surface area contributed by atoms with Gasteiger partial charge in [0.2, 0.25) is 0 Å². The fourth-order valence-electron chi connectivity index (χ4n) is 2.04. The molecule has 9 heteroatoms. The molecule has 9 nitrogen and oxygen atoms in total. The van der Waals surface area contributed by atoms with Crippen LogP contribution in [-0.2, 0) is 9.47 Å². The van der Waals surface area contributed by atoms with Crippen LogP contribution in [0.25, 0.3) is 0 Å². The van der Waals surface area contributed by atoms with E-state index in [0.717, 1.165) is 0 Å². The molecule has 1 aliphatic heterocycles. The van der Waals surface area contributed by atoms with Gasteiger partial charge in [-0.05, 0) is 6.92 Å². The van der Waals surface area contributed by atoms with Crippen LogP contribution in [0.4, 0.5) is 5.82 Å². The zero-order valence-corrected chi connectivity index (χ0v) is 10.8. The number of nitrogen functional groups attached to an aromatic ring is 1. The van der Waals surface area contributed by atoms with E-state index >= 15 is 0 Å². The van der Waals surface area contributed by atoms with E-state index in [0.29, 0.717) is 0 Å². The van der Waals surface area contributed by atoms with E-state index < -0.39 is 37.1 Å². The highest BCUT2D eigenvalue weighted by Crippen LogP contribution is 2.31. The molecule has 0 saturated carbocycles. The highest BCUT2D eigenvalue weighted by molar-refractivity contribution is 5.92. The van der Waals surface area contributed by atoms with Gasteiger partial charge < -0.3 is 30.5 Å². The van der Waals surface area contributed by atoms with Gasteiger partial charge in [0.15, 0.2) is 11.9 Å². The number of anilines is 1. The van der Waals surface area contributed by atoms with Crippen LogP contribution in [0.3, 0.4) is 0 Å². The number of nitrogens with zero attached hydrogens (tertiary/aromatic N) is 2. The average molecular weight is 287 g/mol. The molecule has 1 saturated heterocycles. The molecule has 1 aliphatic rings. The largest absolute Gasteiger partial charge is 0.461 e.